The molecule has 1 aromatic carbocycles. The predicted molar refractivity (Wildman–Crippen MR) is 82.9 cm³/mol. The molecule has 0 aliphatic carbocycles. The molecule has 2 rings (SSSR count). The summed E-state index contributed by atoms with van der Waals surface area (Å²) in [6.45, 7) is 6.46. The lowest BCUT2D eigenvalue weighted by Gasteiger charge is -2.35. The summed E-state index contributed by atoms with van der Waals surface area (Å²) in [6.07, 6.45) is 1.56. The number of rotatable bonds is 4. The van der Waals surface area contributed by atoms with E-state index < -0.39 is 0 Å². The first-order valence-electron chi connectivity index (χ1n) is 7.67. The molecule has 0 unspecified atom stereocenters. The van der Waals surface area contributed by atoms with E-state index in [2.05, 4.69) is 19.2 Å². The number of benzene rings is 1. The second kappa shape index (κ2) is 7.25. The Morgan fingerprint density at radius 3 is 2.38 bits per heavy atom. The molecule has 4 nitrogen and oxygen atoms in total. The summed E-state index contributed by atoms with van der Waals surface area (Å²) in [7, 11) is 0. The molecule has 0 bridgehead atoms. The van der Waals surface area contributed by atoms with Gasteiger partial charge >= 0.3 is 0 Å². The summed E-state index contributed by atoms with van der Waals surface area (Å²) in [5, 5.41) is 2.80. The van der Waals surface area contributed by atoms with E-state index in [4.69, 9.17) is 0 Å². The van der Waals surface area contributed by atoms with Gasteiger partial charge < -0.3 is 10.2 Å². The van der Waals surface area contributed by atoms with Gasteiger partial charge in [-0.1, -0.05) is 32.0 Å². The van der Waals surface area contributed by atoms with E-state index in [1.165, 1.54) is 6.42 Å². The van der Waals surface area contributed by atoms with Gasteiger partial charge in [0, 0.05) is 31.6 Å². The molecule has 2 amide bonds. The van der Waals surface area contributed by atoms with E-state index in [9.17, 15) is 9.59 Å². The van der Waals surface area contributed by atoms with E-state index in [1.807, 2.05) is 23.1 Å². The third-order valence-electron chi connectivity index (χ3n) is 3.88. The Kier molecular flexibility index (Phi) is 5.37. The Morgan fingerprint density at radius 1 is 1.14 bits per heavy atom. The normalized spacial score (nSPS) is 21.9. The maximum Gasteiger partial charge on any atom is 0.251 e. The highest BCUT2D eigenvalue weighted by molar-refractivity contribution is 5.94. The second-order valence-corrected chi connectivity index (χ2v) is 6.12. The summed E-state index contributed by atoms with van der Waals surface area (Å²) in [6, 6.07) is 9.07. The fourth-order valence-corrected chi connectivity index (χ4v) is 3.00. The van der Waals surface area contributed by atoms with Crippen LogP contribution in [0.1, 0.15) is 37.0 Å². The van der Waals surface area contributed by atoms with Crippen molar-refractivity contribution in [2.24, 2.45) is 11.8 Å². The van der Waals surface area contributed by atoms with E-state index >= 15 is 0 Å². The van der Waals surface area contributed by atoms with Crippen molar-refractivity contribution in [2.45, 2.75) is 26.7 Å². The molecule has 2 atom stereocenters. The van der Waals surface area contributed by atoms with Gasteiger partial charge in [-0.05, 0) is 30.4 Å². The lowest BCUT2D eigenvalue weighted by Crippen LogP contribution is -2.43. The van der Waals surface area contributed by atoms with Gasteiger partial charge in [0.15, 0.2) is 0 Å². The van der Waals surface area contributed by atoms with Crippen molar-refractivity contribution in [3.8, 4) is 0 Å². The maximum absolute atomic E-state index is 12.2. The number of nitrogens with one attached hydrogen (secondary N) is 1. The number of piperidine rings is 1. The van der Waals surface area contributed by atoms with Crippen molar-refractivity contribution < 1.29 is 9.59 Å². The molecular formula is C17H24N2O2. The van der Waals surface area contributed by atoms with Crippen LogP contribution in [0.15, 0.2) is 30.3 Å². The SMILES string of the molecule is C[C@H]1C[C@H](C)CN(C(=O)CCNC(=O)c2ccccc2)C1. The van der Waals surface area contributed by atoms with Crippen molar-refractivity contribution in [1.82, 2.24) is 10.2 Å². The first kappa shape index (κ1) is 15.5. The minimum Gasteiger partial charge on any atom is -0.352 e. The third-order valence-corrected chi connectivity index (χ3v) is 3.88. The predicted octanol–water partition coefficient (Wildman–Crippen LogP) is 2.31. The highest BCUT2D eigenvalue weighted by Gasteiger charge is 2.24. The number of hydrogen-bond donors (Lipinski definition) is 1. The highest BCUT2D eigenvalue weighted by atomic mass is 16.2. The molecule has 1 N–H and O–H groups in total. The maximum atomic E-state index is 12.2. The van der Waals surface area contributed by atoms with E-state index in [0.29, 0.717) is 30.4 Å². The molecule has 1 aliphatic rings. The number of hydrogen-bond acceptors (Lipinski definition) is 2. The van der Waals surface area contributed by atoms with Crippen LogP contribution in [-0.2, 0) is 4.79 Å². The molecule has 1 aliphatic heterocycles. The fraction of sp³-hybridized carbons (Fsp3) is 0.529. The molecule has 1 heterocycles. The summed E-state index contributed by atoms with van der Waals surface area (Å²) >= 11 is 0. The Hall–Kier alpha value is -1.84. The second-order valence-electron chi connectivity index (χ2n) is 6.12. The Labute approximate surface area is 126 Å². The van der Waals surface area contributed by atoms with Crippen LogP contribution < -0.4 is 5.32 Å². The zero-order chi connectivity index (χ0) is 15.2. The minimum absolute atomic E-state index is 0.121. The average Bonchev–Trinajstić information content (AvgIpc) is 2.47. The molecule has 0 spiro atoms. The van der Waals surface area contributed by atoms with Gasteiger partial charge in [0.1, 0.15) is 0 Å². The fourth-order valence-electron chi connectivity index (χ4n) is 3.00. The van der Waals surface area contributed by atoms with Gasteiger partial charge in [-0.3, -0.25) is 9.59 Å². The lowest BCUT2D eigenvalue weighted by molar-refractivity contribution is -0.133. The van der Waals surface area contributed by atoms with E-state index in [0.717, 1.165) is 13.1 Å². The van der Waals surface area contributed by atoms with Crippen LogP contribution in [0, 0.1) is 11.8 Å². The Balaban J connectivity index is 1.75. The number of likely N-dealkylation sites (tertiary alicyclic amines) is 1. The van der Waals surface area contributed by atoms with Crippen LogP contribution in [0.3, 0.4) is 0 Å². The van der Waals surface area contributed by atoms with Crippen LogP contribution in [-0.4, -0.2) is 36.3 Å². The van der Waals surface area contributed by atoms with Crippen molar-refractivity contribution in [1.29, 1.82) is 0 Å². The van der Waals surface area contributed by atoms with Gasteiger partial charge in [0.25, 0.3) is 5.91 Å². The average molecular weight is 288 g/mol. The Bertz CT molecular complexity index is 477. The van der Waals surface area contributed by atoms with Crippen molar-refractivity contribution >= 4 is 11.8 Å². The smallest absolute Gasteiger partial charge is 0.251 e. The first-order chi connectivity index (χ1) is 10.1. The van der Waals surface area contributed by atoms with E-state index in [-0.39, 0.29) is 11.8 Å². The first-order valence-corrected chi connectivity index (χ1v) is 7.67. The van der Waals surface area contributed by atoms with Crippen LogP contribution in [0.4, 0.5) is 0 Å². The molecule has 4 heteroatoms. The zero-order valence-electron chi connectivity index (χ0n) is 12.8. The molecule has 0 aromatic heterocycles. The molecule has 1 saturated heterocycles. The summed E-state index contributed by atoms with van der Waals surface area (Å²) in [5.74, 6) is 1.15. The molecule has 114 valence electrons. The molecule has 0 radical (unpaired) electrons. The number of amides is 2. The van der Waals surface area contributed by atoms with Crippen LogP contribution in [0.5, 0.6) is 0 Å². The molecule has 0 saturated carbocycles. The van der Waals surface area contributed by atoms with Gasteiger partial charge in [-0.25, -0.2) is 0 Å². The summed E-state index contributed by atoms with van der Waals surface area (Å²) in [5.41, 5.74) is 0.630. The number of carbonyl (C=O) groups excluding carboxylic acids is 2. The quantitative estimate of drug-likeness (QED) is 0.924. The van der Waals surface area contributed by atoms with Gasteiger partial charge in [0.2, 0.25) is 5.91 Å². The monoisotopic (exact) mass is 288 g/mol. The van der Waals surface area contributed by atoms with E-state index in [1.54, 1.807) is 12.1 Å². The van der Waals surface area contributed by atoms with Gasteiger partial charge in [-0.2, -0.15) is 0 Å². The zero-order valence-corrected chi connectivity index (χ0v) is 12.8. The number of nitrogens with zero attached hydrogens (tertiary/aromatic N) is 1. The van der Waals surface area contributed by atoms with Crippen molar-refractivity contribution in [3.63, 3.8) is 0 Å². The highest BCUT2D eigenvalue weighted by Crippen LogP contribution is 2.21. The van der Waals surface area contributed by atoms with Gasteiger partial charge in [-0.15, -0.1) is 0 Å². The van der Waals surface area contributed by atoms with Crippen LogP contribution >= 0.6 is 0 Å². The standard InChI is InChI=1S/C17H24N2O2/c1-13-10-14(2)12-19(11-13)16(20)8-9-18-17(21)15-6-4-3-5-7-15/h3-7,13-14H,8-12H2,1-2H3,(H,18,21)/t13-,14-/m0/s1. The lowest BCUT2D eigenvalue weighted by atomic mass is 9.92. The van der Waals surface area contributed by atoms with Crippen molar-refractivity contribution in [3.05, 3.63) is 35.9 Å². The molecule has 21 heavy (non-hydrogen) atoms. The van der Waals surface area contributed by atoms with Crippen LogP contribution in [0.25, 0.3) is 0 Å². The molecule has 1 aromatic rings. The Morgan fingerprint density at radius 2 is 1.76 bits per heavy atom. The largest absolute Gasteiger partial charge is 0.352 e. The molecule has 1 fully saturated rings. The topological polar surface area (TPSA) is 49.4 Å². The minimum atomic E-state index is -0.121. The molecular weight excluding hydrogens is 264 g/mol. The van der Waals surface area contributed by atoms with Crippen molar-refractivity contribution in [2.75, 3.05) is 19.6 Å². The van der Waals surface area contributed by atoms with Crippen LogP contribution in [0.2, 0.25) is 0 Å². The third kappa shape index (κ3) is 4.59. The van der Waals surface area contributed by atoms with Gasteiger partial charge in [0.05, 0.1) is 0 Å². The summed E-state index contributed by atoms with van der Waals surface area (Å²) in [4.78, 5) is 26.0. The summed E-state index contributed by atoms with van der Waals surface area (Å²) < 4.78 is 0. The number of carbonyl (C=O) groups is 2.